The topological polar surface area (TPSA) is 26.3 Å². The van der Waals surface area contributed by atoms with E-state index >= 15 is 0 Å². The molecule has 0 aromatic rings. The van der Waals surface area contributed by atoms with E-state index in [0.29, 0.717) is 23.5 Å². The normalized spacial score (nSPS) is 49.3. The summed E-state index contributed by atoms with van der Waals surface area (Å²) >= 11 is 0. The molecule has 0 radical (unpaired) electrons. The van der Waals surface area contributed by atoms with Gasteiger partial charge in [-0.3, -0.25) is 4.79 Å². The first-order chi connectivity index (χ1) is 8.40. The molecule has 0 aromatic carbocycles. The van der Waals surface area contributed by atoms with Gasteiger partial charge in [-0.15, -0.1) is 0 Å². The molecule has 6 unspecified atom stereocenters. The highest BCUT2D eigenvalue weighted by atomic mass is 16.5. The summed E-state index contributed by atoms with van der Waals surface area (Å²) in [6.45, 7) is 10.9. The molecule has 2 heteroatoms. The summed E-state index contributed by atoms with van der Waals surface area (Å²) < 4.78 is 5.83. The zero-order valence-corrected chi connectivity index (χ0v) is 12.5. The lowest BCUT2D eigenvalue weighted by molar-refractivity contribution is -0.131. The van der Waals surface area contributed by atoms with Crippen molar-refractivity contribution in [1.82, 2.24) is 0 Å². The molecule has 6 atom stereocenters. The number of ketones is 1. The van der Waals surface area contributed by atoms with E-state index in [9.17, 15) is 4.79 Å². The molecule has 104 valence electrons. The zero-order chi connectivity index (χ0) is 13.4. The molecule has 1 aliphatic heterocycles. The monoisotopic (exact) mass is 252 g/mol. The third-order valence-corrected chi connectivity index (χ3v) is 5.15. The van der Waals surface area contributed by atoms with Crippen molar-refractivity contribution in [3.8, 4) is 0 Å². The standard InChI is InChI=1S/C16H28O2/c1-9-6-10(2)8-14(7-9)16(17)15-11(3)12(4)18-13(15)5/h9-15H,6-8H2,1-5H3. The molecule has 1 heterocycles. The van der Waals surface area contributed by atoms with Gasteiger partial charge in [0.25, 0.3) is 0 Å². The molecule has 2 aliphatic rings. The molecule has 2 nitrogen and oxygen atoms in total. The Hall–Kier alpha value is -0.370. The van der Waals surface area contributed by atoms with E-state index in [4.69, 9.17) is 4.74 Å². The van der Waals surface area contributed by atoms with Crippen LogP contribution in [-0.2, 0) is 9.53 Å². The Morgan fingerprint density at radius 2 is 1.44 bits per heavy atom. The fraction of sp³-hybridized carbons (Fsp3) is 0.938. The van der Waals surface area contributed by atoms with Gasteiger partial charge in [-0.2, -0.15) is 0 Å². The van der Waals surface area contributed by atoms with Crippen LogP contribution in [0.5, 0.6) is 0 Å². The van der Waals surface area contributed by atoms with E-state index in [1.165, 1.54) is 6.42 Å². The van der Waals surface area contributed by atoms with Crippen LogP contribution < -0.4 is 0 Å². The minimum atomic E-state index is 0.107. The van der Waals surface area contributed by atoms with Gasteiger partial charge in [-0.1, -0.05) is 20.8 Å². The summed E-state index contributed by atoms with van der Waals surface area (Å²) in [4.78, 5) is 12.8. The summed E-state index contributed by atoms with van der Waals surface area (Å²) in [5.74, 6) is 2.67. The lowest BCUT2D eigenvalue weighted by Crippen LogP contribution is -2.35. The maximum atomic E-state index is 12.8. The van der Waals surface area contributed by atoms with E-state index in [-0.39, 0.29) is 24.0 Å². The summed E-state index contributed by atoms with van der Waals surface area (Å²) in [6, 6.07) is 0. The van der Waals surface area contributed by atoms with Crippen molar-refractivity contribution >= 4 is 5.78 Å². The van der Waals surface area contributed by atoms with Crippen LogP contribution in [0.15, 0.2) is 0 Å². The van der Waals surface area contributed by atoms with Crippen molar-refractivity contribution < 1.29 is 9.53 Å². The molecule has 0 N–H and O–H groups in total. The average molecular weight is 252 g/mol. The van der Waals surface area contributed by atoms with E-state index in [1.54, 1.807) is 0 Å². The zero-order valence-electron chi connectivity index (χ0n) is 12.5. The molecule has 0 bridgehead atoms. The van der Waals surface area contributed by atoms with Gasteiger partial charge in [0.05, 0.1) is 12.2 Å². The molecule has 18 heavy (non-hydrogen) atoms. The van der Waals surface area contributed by atoms with E-state index in [0.717, 1.165) is 12.8 Å². The summed E-state index contributed by atoms with van der Waals surface area (Å²) in [6.07, 6.45) is 3.80. The predicted octanol–water partition coefficient (Wildman–Crippen LogP) is 3.69. The van der Waals surface area contributed by atoms with Crippen LogP contribution in [-0.4, -0.2) is 18.0 Å². The third-order valence-electron chi connectivity index (χ3n) is 5.15. The summed E-state index contributed by atoms with van der Waals surface area (Å²) in [5, 5.41) is 0. The van der Waals surface area contributed by atoms with Gasteiger partial charge in [-0.05, 0) is 50.9 Å². The Kier molecular flexibility index (Phi) is 4.15. The first kappa shape index (κ1) is 14.0. The van der Waals surface area contributed by atoms with Gasteiger partial charge >= 0.3 is 0 Å². The van der Waals surface area contributed by atoms with Crippen LogP contribution in [0, 0.1) is 29.6 Å². The van der Waals surface area contributed by atoms with Crippen LogP contribution in [0.1, 0.15) is 53.9 Å². The number of ether oxygens (including phenoxy) is 1. The number of rotatable bonds is 2. The molecule has 2 fully saturated rings. The van der Waals surface area contributed by atoms with Crippen LogP contribution in [0.2, 0.25) is 0 Å². The maximum Gasteiger partial charge on any atom is 0.142 e. The number of carbonyl (C=O) groups excluding carboxylic acids is 1. The van der Waals surface area contributed by atoms with Gasteiger partial charge < -0.3 is 4.74 Å². The van der Waals surface area contributed by atoms with E-state index in [2.05, 4.69) is 34.6 Å². The molecule has 0 amide bonds. The van der Waals surface area contributed by atoms with Gasteiger partial charge in [-0.25, -0.2) is 0 Å². The lowest BCUT2D eigenvalue weighted by Gasteiger charge is -2.33. The second kappa shape index (κ2) is 5.32. The van der Waals surface area contributed by atoms with Crippen molar-refractivity contribution in [3.63, 3.8) is 0 Å². The molecule has 1 aliphatic carbocycles. The number of hydrogen-bond donors (Lipinski definition) is 0. The van der Waals surface area contributed by atoms with Crippen LogP contribution in [0.3, 0.4) is 0 Å². The van der Waals surface area contributed by atoms with Crippen LogP contribution in [0.25, 0.3) is 0 Å². The SMILES string of the molecule is CC1CC(C)CC(C(=O)C2C(C)OC(C)C2C)C1. The van der Waals surface area contributed by atoms with Crippen molar-refractivity contribution in [1.29, 1.82) is 0 Å². The summed E-state index contributed by atoms with van der Waals surface area (Å²) in [5.41, 5.74) is 0. The Bertz CT molecular complexity index is 302. The smallest absolute Gasteiger partial charge is 0.142 e. The predicted molar refractivity (Wildman–Crippen MR) is 73.3 cm³/mol. The molecule has 1 saturated heterocycles. The van der Waals surface area contributed by atoms with Crippen molar-refractivity contribution in [2.75, 3.05) is 0 Å². The molecule has 2 rings (SSSR count). The van der Waals surface area contributed by atoms with E-state index in [1.807, 2.05) is 0 Å². The second-order valence-electron chi connectivity index (χ2n) is 6.95. The van der Waals surface area contributed by atoms with Crippen LogP contribution >= 0.6 is 0 Å². The molecule has 0 spiro atoms. The van der Waals surface area contributed by atoms with Gasteiger partial charge in [0.15, 0.2) is 0 Å². The highest BCUT2D eigenvalue weighted by Crippen LogP contribution is 2.40. The van der Waals surface area contributed by atoms with Gasteiger partial charge in [0.1, 0.15) is 5.78 Å². The van der Waals surface area contributed by atoms with Gasteiger partial charge in [0.2, 0.25) is 0 Å². The number of carbonyl (C=O) groups is 1. The largest absolute Gasteiger partial charge is 0.375 e. The van der Waals surface area contributed by atoms with E-state index < -0.39 is 0 Å². The Labute approximate surface area is 111 Å². The fourth-order valence-corrected chi connectivity index (χ4v) is 4.21. The van der Waals surface area contributed by atoms with Gasteiger partial charge in [0, 0.05) is 11.8 Å². The minimum Gasteiger partial charge on any atom is -0.375 e. The minimum absolute atomic E-state index is 0.107. The maximum absolute atomic E-state index is 12.8. The molecule has 1 saturated carbocycles. The number of hydrogen-bond acceptors (Lipinski definition) is 2. The molecular formula is C16H28O2. The lowest BCUT2D eigenvalue weighted by atomic mass is 9.70. The Morgan fingerprint density at radius 3 is 1.89 bits per heavy atom. The fourth-order valence-electron chi connectivity index (χ4n) is 4.21. The first-order valence-corrected chi connectivity index (χ1v) is 7.59. The van der Waals surface area contributed by atoms with Crippen molar-refractivity contribution in [3.05, 3.63) is 0 Å². The molecular weight excluding hydrogens is 224 g/mol. The molecule has 0 aromatic heterocycles. The van der Waals surface area contributed by atoms with Crippen LogP contribution in [0.4, 0.5) is 0 Å². The second-order valence-corrected chi connectivity index (χ2v) is 6.95. The highest BCUT2D eigenvalue weighted by molar-refractivity contribution is 5.84. The van der Waals surface area contributed by atoms with Crippen molar-refractivity contribution in [2.24, 2.45) is 29.6 Å². The number of Topliss-reactive ketones (excluding diaryl/α,β-unsaturated/α-hetero) is 1. The first-order valence-electron chi connectivity index (χ1n) is 7.59. The Morgan fingerprint density at radius 1 is 0.889 bits per heavy atom. The quantitative estimate of drug-likeness (QED) is 0.749. The van der Waals surface area contributed by atoms with Crippen molar-refractivity contribution in [2.45, 2.75) is 66.1 Å². The average Bonchev–Trinajstić information content (AvgIpc) is 2.51. The third kappa shape index (κ3) is 2.64. The summed E-state index contributed by atoms with van der Waals surface area (Å²) in [7, 11) is 0. The highest BCUT2D eigenvalue weighted by Gasteiger charge is 2.44. The Balaban J connectivity index is 2.06.